The van der Waals surface area contributed by atoms with Crippen LogP contribution in [0.3, 0.4) is 0 Å². The summed E-state index contributed by atoms with van der Waals surface area (Å²) in [4.78, 5) is 0. The van der Waals surface area contributed by atoms with Gasteiger partial charge >= 0.3 is 0 Å². The van der Waals surface area contributed by atoms with Crippen LogP contribution in [0.25, 0.3) is 0 Å². The molecule has 0 amide bonds. The molecule has 1 aliphatic carbocycles. The minimum absolute atomic E-state index is 0.179. The summed E-state index contributed by atoms with van der Waals surface area (Å²) in [6.07, 6.45) is 3.24. The summed E-state index contributed by atoms with van der Waals surface area (Å²) in [6, 6.07) is 0. The maximum absolute atomic E-state index is 9.45. The Hall–Kier alpha value is 0.830. The lowest BCUT2D eigenvalue weighted by molar-refractivity contribution is 0.0719. The van der Waals surface area contributed by atoms with E-state index in [9.17, 15) is 5.11 Å². The van der Waals surface area contributed by atoms with E-state index in [0.29, 0.717) is 0 Å². The lowest BCUT2D eigenvalue weighted by Crippen LogP contribution is -2.34. The van der Waals surface area contributed by atoms with Crippen LogP contribution in [0.2, 0.25) is 0 Å². The molecule has 1 fully saturated rings. The fraction of sp³-hybridized carbons (Fsp3) is 1.00. The molecule has 0 bridgehead atoms. The Kier molecular flexibility index (Phi) is 3.33. The highest BCUT2D eigenvalue weighted by molar-refractivity contribution is 6.67. The van der Waals surface area contributed by atoms with Crippen molar-refractivity contribution in [2.24, 2.45) is 5.92 Å². The van der Waals surface area contributed by atoms with Crippen molar-refractivity contribution in [3.05, 3.63) is 0 Å². The molecular weight excluding hydrogens is 206 g/mol. The molecule has 0 radical (unpaired) electrons. The maximum atomic E-state index is 9.45. The summed E-state index contributed by atoms with van der Waals surface area (Å²) in [5.41, 5.74) is 0. The molecule has 0 unspecified atom stereocenters. The Labute approximate surface area is 81.6 Å². The van der Waals surface area contributed by atoms with Gasteiger partial charge in [-0.3, -0.25) is 0 Å². The minimum Gasteiger partial charge on any atom is -0.393 e. The maximum Gasteiger partial charge on any atom is 0.195 e. The van der Waals surface area contributed by atoms with Gasteiger partial charge in [0.2, 0.25) is 0 Å². The van der Waals surface area contributed by atoms with E-state index < -0.39 is 9.90 Å². The van der Waals surface area contributed by atoms with Crippen molar-refractivity contribution in [1.29, 1.82) is 0 Å². The third kappa shape index (κ3) is 2.66. The SMILES string of the molecule is O[C@@H]1CCCC[C@H]1C(Cl)(Cl)Cl. The van der Waals surface area contributed by atoms with Gasteiger partial charge in [0, 0.05) is 5.92 Å². The fourth-order valence-corrected chi connectivity index (χ4v) is 2.26. The van der Waals surface area contributed by atoms with Crippen LogP contribution >= 0.6 is 34.8 Å². The van der Waals surface area contributed by atoms with Gasteiger partial charge in [-0.15, -0.1) is 0 Å². The first kappa shape index (κ1) is 9.91. The van der Waals surface area contributed by atoms with Crippen molar-refractivity contribution in [3.8, 4) is 0 Å². The highest BCUT2D eigenvalue weighted by Gasteiger charge is 2.38. The van der Waals surface area contributed by atoms with Crippen molar-refractivity contribution < 1.29 is 5.11 Å². The second-order valence-corrected chi connectivity index (χ2v) is 5.37. The van der Waals surface area contributed by atoms with E-state index in [0.717, 1.165) is 25.7 Å². The largest absolute Gasteiger partial charge is 0.393 e. The quantitative estimate of drug-likeness (QED) is 0.619. The number of halogens is 3. The minimum atomic E-state index is -1.29. The van der Waals surface area contributed by atoms with E-state index in [2.05, 4.69) is 0 Å². The monoisotopic (exact) mass is 216 g/mol. The van der Waals surface area contributed by atoms with Gasteiger partial charge in [-0.2, -0.15) is 0 Å². The van der Waals surface area contributed by atoms with E-state index in [1.807, 2.05) is 0 Å². The van der Waals surface area contributed by atoms with E-state index in [-0.39, 0.29) is 5.92 Å². The summed E-state index contributed by atoms with van der Waals surface area (Å²) >= 11 is 17.0. The van der Waals surface area contributed by atoms with Crippen molar-refractivity contribution in [1.82, 2.24) is 0 Å². The molecule has 0 saturated heterocycles. The van der Waals surface area contributed by atoms with Crippen molar-refractivity contribution in [2.75, 3.05) is 0 Å². The Bertz CT molecular complexity index is 132. The van der Waals surface area contributed by atoms with Gasteiger partial charge in [0.15, 0.2) is 3.79 Å². The molecule has 0 aromatic rings. The van der Waals surface area contributed by atoms with E-state index >= 15 is 0 Å². The second-order valence-electron chi connectivity index (χ2n) is 3.00. The zero-order valence-electron chi connectivity index (χ0n) is 6.06. The van der Waals surface area contributed by atoms with Crippen LogP contribution < -0.4 is 0 Å². The molecule has 0 aromatic carbocycles. The molecule has 4 heteroatoms. The van der Waals surface area contributed by atoms with Crippen LogP contribution in [0, 0.1) is 5.92 Å². The van der Waals surface area contributed by atoms with Crippen LogP contribution in [0.5, 0.6) is 0 Å². The highest BCUT2D eigenvalue weighted by Crippen LogP contribution is 2.42. The summed E-state index contributed by atoms with van der Waals surface area (Å²) in [5.74, 6) is -0.179. The zero-order valence-corrected chi connectivity index (χ0v) is 8.33. The van der Waals surface area contributed by atoms with Crippen LogP contribution in [0.15, 0.2) is 0 Å². The van der Waals surface area contributed by atoms with Gasteiger partial charge in [-0.1, -0.05) is 47.6 Å². The number of alkyl halides is 3. The normalized spacial score (nSPS) is 33.8. The summed E-state index contributed by atoms with van der Waals surface area (Å²) in [5, 5.41) is 9.45. The third-order valence-electron chi connectivity index (χ3n) is 2.15. The van der Waals surface area contributed by atoms with Crippen molar-refractivity contribution >= 4 is 34.8 Å². The number of aliphatic hydroxyl groups is 1. The molecule has 0 spiro atoms. The predicted molar refractivity (Wildman–Crippen MR) is 48.3 cm³/mol. The number of rotatable bonds is 0. The zero-order chi connectivity index (χ0) is 8.48. The first-order valence-corrected chi connectivity index (χ1v) is 4.90. The van der Waals surface area contributed by atoms with E-state index in [1.165, 1.54) is 0 Å². The van der Waals surface area contributed by atoms with E-state index in [4.69, 9.17) is 34.8 Å². The lowest BCUT2D eigenvalue weighted by Gasteiger charge is -2.32. The summed E-state index contributed by atoms with van der Waals surface area (Å²) in [6.45, 7) is 0. The van der Waals surface area contributed by atoms with Gasteiger partial charge < -0.3 is 5.11 Å². The highest BCUT2D eigenvalue weighted by atomic mass is 35.6. The average molecular weight is 218 g/mol. The Morgan fingerprint density at radius 3 is 2.00 bits per heavy atom. The van der Waals surface area contributed by atoms with Crippen LogP contribution in [0.1, 0.15) is 25.7 Å². The predicted octanol–water partition coefficient (Wildman–Crippen LogP) is 2.91. The Balaban J connectivity index is 2.55. The summed E-state index contributed by atoms with van der Waals surface area (Å²) in [7, 11) is 0. The van der Waals surface area contributed by atoms with Crippen LogP contribution in [0.4, 0.5) is 0 Å². The molecule has 1 nitrogen and oxygen atoms in total. The second kappa shape index (κ2) is 3.69. The number of aliphatic hydroxyl groups excluding tert-OH is 1. The molecule has 1 saturated carbocycles. The van der Waals surface area contributed by atoms with Crippen molar-refractivity contribution in [3.63, 3.8) is 0 Å². The molecular formula is C7H11Cl3O. The molecule has 0 aromatic heterocycles. The Morgan fingerprint density at radius 2 is 1.64 bits per heavy atom. The van der Waals surface area contributed by atoms with Gasteiger partial charge in [0.1, 0.15) is 0 Å². The molecule has 2 atom stereocenters. The molecule has 0 heterocycles. The Morgan fingerprint density at radius 1 is 1.09 bits per heavy atom. The molecule has 1 N–H and O–H groups in total. The molecule has 66 valence electrons. The lowest BCUT2D eigenvalue weighted by atomic mass is 9.88. The number of hydrogen-bond acceptors (Lipinski definition) is 1. The van der Waals surface area contributed by atoms with Crippen molar-refractivity contribution in [2.45, 2.75) is 35.6 Å². The van der Waals surface area contributed by atoms with Gasteiger partial charge in [-0.25, -0.2) is 0 Å². The smallest absolute Gasteiger partial charge is 0.195 e. The first-order chi connectivity index (χ1) is 5.02. The van der Waals surface area contributed by atoms with E-state index in [1.54, 1.807) is 0 Å². The molecule has 11 heavy (non-hydrogen) atoms. The van der Waals surface area contributed by atoms with Gasteiger partial charge in [0.25, 0.3) is 0 Å². The standard InChI is InChI=1S/C7H11Cl3O/c8-7(9,10)5-3-1-2-4-6(5)11/h5-6,11H,1-4H2/t5-,6-/m1/s1. The molecule has 0 aliphatic heterocycles. The fourth-order valence-electron chi connectivity index (χ4n) is 1.49. The average Bonchev–Trinajstić information content (AvgIpc) is 1.86. The molecule has 1 rings (SSSR count). The molecule has 1 aliphatic rings. The van der Waals surface area contributed by atoms with Gasteiger partial charge in [0.05, 0.1) is 6.10 Å². The summed E-state index contributed by atoms with van der Waals surface area (Å²) < 4.78 is -1.29. The van der Waals surface area contributed by atoms with Gasteiger partial charge in [-0.05, 0) is 12.8 Å². The number of hydrogen-bond donors (Lipinski definition) is 1. The topological polar surface area (TPSA) is 20.2 Å². The first-order valence-electron chi connectivity index (χ1n) is 3.76. The third-order valence-corrected chi connectivity index (χ3v) is 2.99. The van der Waals surface area contributed by atoms with Crippen LogP contribution in [-0.4, -0.2) is 15.0 Å². The van der Waals surface area contributed by atoms with Crippen LogP contribution in [-0.2, 0) is 0 Å².